The number of carbonyl (C=O) groups is 2. The maximum Gasteiger partial charge on any atom is 0.410 e. The summed E-state index contributed by atoms with van der Waals surface area (Å²) in [6.45, 7) is 7.15. The lowest BCUT2D eigenvalue weighted by atomic mass is 9.98. The monoisotopic (exact) mass is 452 g/mol. The van der Waals surface area contributed by atoms with Gasteiger partial charge in [0.1, 0.15) is 12.2 Å². The van der Waals surface area contributed by atoms with Crippen LogP contribution in [0.1, 0.15) is 57.1 Å². The van der Waals surface area contributed by atoms with Crippen LogP contribution in [-0.4, -0.2) is 61.4 Å². The largest absolute Gasteiger partial charge is 0.448 e. The van der Waals surface area contributed by atoms with Crippen molar-refractivity contribution in [3.05, 3.63) is 59.7 Å². The fourth-order valence-electron chi connectivity index (χ4n) is 4.10. The molecule has 0 bridgehead atoms. The number of hydrogen-bond donors (Lipinski definition) is 0. The molecule has 6 nitrogen and oxygen atoms in total. The molecule has 3 rings (SSSR count). The van der Waals surface area contributed by atoms with Gasteiger partial charge in [-0.15, -0.1) is 0 Å². The van der Waals surface area contributed by atoms with Gasteiger partial charge in [0.05, 0.1) is 0 Å². The molecule has 0 radical (unpaired) electrons. The predicted molar refractivity (Wildman–Crippen MR) is 130 cm³/mol. The number of amides is 2. The van der Waals surface area contributed by atoms with E-state index < -0.39 is 5.60 Å². The van der Waals surface area contributed by atoms with Gasteiger partial charge < -0.3 is 19.3 Å². The number of carbonyl (C=O) groups excluding carboxylic acids is 2. The lowest BCUT2D eigenvalue weighted by Crippen LogP contribution is -2.34. The Balaban J connectivity index is 1.40. The van der Waals surface area contributed by atoms with Gasteiger partial charge in [-0.05, 0) is 62.3 Å². The van der Waals surface area contributed by atoms with Crippen molar-refractivity contribution in [1.82, 2.24) is 9.80 Å². The third kappa shape index (κ3) is 6.50. The van der Waals surface area contributed by atoms with Gasteiger partial charge in [0.25, 0.3) is 0 Å². The van der Waals surface area contributed by atoms with Crippen molar-refractivity contribution in [1.29, 1.82) is 0 Å². The maximum absolute atomic E-state index is 12.6. The van der Waals surface area contributed by atoms with E-state index in [9.17, 15) is 9.59 Å². The van der Waals surface area contributed by atoms with Crippen LogP contribution >= 0.6 is 0 Å². The molecule has 0 aliphatic heterocycles. The van der Waals surface area contributed by atoms with Crippen LogP contribution in [-0.2, 0) is 9.47 Å². The molecule has 0 heterocycles. The van der Waals surface area contributed by atoms with Gasteiger partial charge in [0, 0.05) is 33.1 Å². The maximum atomic E-state index is 12.6. The molecule has 0 atom stereocenters. The van der Waals surface area contributed by atoms with Crippen molar-refractivity contribution in [3.8, 4) is 11.1 Å². The van der Waals surface area contributed by atoms with Crippen molar-refractivity contribution in [2.75, 3.05) is 33.8 Å². The zero-order valence-electron chi connectivity index (χ0n) is 20.5. The lowest BCUT2D eigenvalue weighted by Gasteiger charge is -2.24. The minimum Gasteiger partial charge on any atom is -0.448 e. The normalized spacial score (nSPS) is 12.6. The second-order valence-corrected chi connectivity index (χ2v) is 9.69. The molecular formula is C27H36N2O4. The van der Waals surface area contributed by atoms with Crippen molar-refractivity contribution >= 4 is 12.2 Å². The highest BCUT2D eigenvalue weighted by atomic mass is 16.6. The first kappa shape index (κ1) is 24.6. The Kier molecular flexibility index (Phi) is 8.01. The van der Waals surface area contributed by atoms with Crippen molar-refractivity contribution in [2.24, 2.45) is 0 Å². The average molecular weight is 453 g/mol. The number of rotatable bonds is 8. The van der Waals surface area contributed by atoms with Crippen LogP contribution in [0.25, 0.3) is 11.1 Å². The predicted octanol–water partition coefficient (Wildman–Crippen LogP) is 5.90. The molecule has 2 aromatic carbocycles. The third-order valence-corrected chi connectivity index (χ3v) is 5.84. The summed E-state index contributed by atoms with van der Waals surface area (Å²) in [6.07, 6.45) is 2.01. The van der Waals surface area contributed by atoms with Gasteiger partial charge in [0.15, 0.2) is 0 Å². The Morgan fingerprint density at radius 2 is 1.27 bits per heavy atom. The van der Waals surface area contributed by atoms with Crippen LogP contribution in [0, 0.1) is 0 Å². The molecule has 6 heteroatoms. The summed E-state index contributed by atoms with van der Waals surface area (Å²) in [4.78, 5) is 27.8. The summed E-state index contributed by atoms with van der Waals surface area (Å²) in [6, 6.07) is 16.6. The Morgan fingerprint density at radius 1 is 0.788 bits per heavy atom. The van der Waals surface area contributed by atoms with E-state index in [4.69, 9.17) is 9.47 Å². The fraction of sp³-hybridized carbons (Fsp3) is 0.481. The van der Waals surface area contributed by atoms with Gasteiger partial charge in [0.2, 0.25) is 0 Å². The number of ether oxygens (including phenoxy) is 2. The highest BCUT2D eigenvalue weighted by Crippen LogP contribution is 2.44. The SMILES string of the molecule is CN(CCCCCN(C)C(=O)OC(C)(C)C)C(=O)OCC1c2ccccc2-c2ccccc21. The summed E-state index contributed by atoms with van der Waals surface area (Å²) in [5.41, 5.74) is 4.38. The Hall–Kier alpha value is -3.02. The highest BCUT2D eigenvalue weighted by molar-refractivity contribution is 5.79. The summed E-state index contributed by atoms with van der Waals surface area (Å²) in [5, 5.41) is 0. The molecule has 0 saturated heterocycles. The van der Waals surface area contributed by atoms with Crippen LogP contribution in [0.4, 0.5) is 9.59 Å². The second-order valence-electron chi connectivity index (χ2n) is 9.69. The van der Waals surface area contributed by atoms with Crippen LogP contribution in [0.3, 0.4) is 0 Å². The first-order valence-corrected chi connectivity index (χ1v) is 11.7. The van der Waals surface area contributed by atoms with Gasteiger partial charge in [-0.25, -0.2) is 9.59 Å². The minimum atomic E-state index is -0.489. The Labute approximate surface area is 197 Å². The first-order chi connectivity index (χ1) is 15.7. The number of fused-ring (bicyclic) bond motifs is 3. The molecule has 0 spiro atoms. The topological polar surface area (TPSA) is 59.1 Å². The van der Waals surface area contributed by atoms with E-state index in [1.807, 2.05) is 45.0 Å². The number of hydrogen-bond acceptors (Lipinski definition) is 4. The fourth-order valence-corrected chi connectivity index (χ4v) is 4.10. The Bertz CT molecular complexity index is 921. The first-order valence-electron chi connectivity index (χ1n) is 11.7. The number of benzene rings is 2. The van der Waals surface area contributed by atoms with Gasteiger partial charge in [-0.3, -0.25) is 0 Å². The molecular weight excluding hydrogens is 416 g/mol. The molecule has 2 aromatic rings. The van der Waals surface area contributed by atoms with Crippen LogP contribution in [0.5, 0.6) is 0 Å². The molecule has 2 amide bonds. The molecule has 0 aromatic heterocycles. The summed E-state index contributed by atoms with van der Waals surface area (Å²) in [5.74, 6) is 0.0677. The zero-order valence-corrected chi connectivity index (χ0v) is 20.5. The molecule has 0 unspecified atom stereocenters. The van der Waals surface area contributed by atoms with E-state index >= 15 is 0 Å². The summed E-state index contributed by atoms with van der Waals surface area (Å²) in [7, 11) is 3.52. The molecule has 0 N–H and O–H groups in total. The molecule has 0 saturated carbocycles. The van der Waals surface area contributed by atoms with Crippen LogP contribution in [0.2, 0.25) is 0 Å². The highest BCUT2D eigenvalue weighted by Gasteiger charge is 2.29. The van der Waals surface area contributed by atoms with Crippen LogP contribution in [0.15, 0.2) is 48.5 Å². The van der Waals surface area contributed by atoms with E-state index in [2.05, 4.69) is 24.3 Å². The Morgan fingerprint density at radius 3 is 1.79 bits per heavy atom. The smallest absolute Gasteiger partial charge is 0.410 e. The quantitative estimate of drug-likeness (QED) is 0.468. The van der Waals surface area contributed by atoms with Crippen LogP contribution < -0.4 is 0 Å². The molecule has 0 fully saturated rings. The standard InChI is InChI=1S/C27H36N2O4/c1-27(2,3)33-26(31)29(5)18-12-6-11-17-28(4)25(30)32-19-24-22-15-9-7-13-20(22)21-14-8-10-16-23(21)24/h7-10,13-16,24H,6,11-12,17-19H2,1-5H3. The zero-order chi connectivity index (χ0) is 24.0. The summed E-state index contributed by atoms with van der Waals surface area (Å²) < 4.78 is 11.0. The molecule has 1 aliphatic carbocycles. The van der Waals surface area contributed by atoms with E-state index in [0.29, 0.717) is 19.7 Å². The third-order valence-electron chi connectivity index (χ3n) is 5.84. The van der Waals surface area contributed by atoms with E-state index in [1.165, 1.54) is 22.3 Å². The van der Waals surface area contributed by atoms with Gasteiger partial charge in [-0.1, -0.05) is 48.5 Å². The van der Waals surface area contributed by atoms with Gasteiger partial charge in [-0.2, -0.15) is 0 Å². The van der Waals surface area contributed by atoms with E-state index in [1.54, 1.807) is 23.9 Å². The van der Waals surface area contributed by atoms with Gasteiger partial charge >= 0.3 is 12.2 Å². The van der Waals surface area contributed by atoms with Crippen molar-refractivity contribution in [2.45, 2.75) is 51.6 Å². The minimum absolute atomic E-state index is 0.0677. The second kappa shape index (κ2) is 10.7. The molecule has 33 heavy (non-hydrogen) atoms. The van der Waals surface area contributed by atoms with E-state index in [0.717, 1.165) is 19.3 Å². The summed E-state index contributed by atoms with van der Waals surface area (Å²) >= 11 is 0. The average Bonchev–Trinajstić information content (AvgIpc) is 3.09. The van der Waals surface area contributed by atoms with Crippen molar-refractivity contribution < 1.29 is 19.1 Å². The molecule has 178 valence electrons. The number of nitrogens with zero attached hydrogens (tertiary/aromatic N) is 2. The van der Waals surface area contributed by atoms with Crippen molar-refractivity contribution in [3.63, 3.8) is 0 Å². The lowest BCUT2D eigenvalue weighted by molar-refractivity contribution is 0.0296. The molecule has 1 aliphatic rings. The number of unbranched alkanes of at least 4 members (excludes halogenated alkanes) is 2. The van der Waals surface area contributed by atoms with E-state index in [-0.39, 0.29) is 18.1 Å².